The molecule has 0 rings (SSSR count). The van der Waals surface area contributed by atoms with Gasteiger partial charge in [0.2, 0.25) is 0 Å². The van der Waals surface area contributed by atoms with Gasteiger partial charge < -0.3 is 4.74 Å². The van der Waals surface area contributed by atoms with Gasteiger partial charge in [-0.2, -0.15) is 5.10 Å². The van der Waals surface area contributed by atoms with Crippen molar-refractivity contribution in [2.24, 2.45) is 5.10 Å². The Morgan fingerprint density at radius 3 is 2.82 bits per heavy atom. The van der Waals surface area contributed by atoms with E-state index >= 15 is 0 Å². The molecule has 4 nitrogen and oxygen atoms in total. The second kappa shape index (κ2) is 5.70. The number of ether oxygens (including phenoxy) is 1. The van der Waals surface area contributed by atoms with E-state index in [0.717, 1.165) is 0 Å². The van der Waals surface area contributed by atoms with Crippen LogP contribution >= 0.6 is 0 Å². The molecule has 0 aromatic carbocycles. The molecule has 0 aliphatic heterocycles. The predicted molar refractivity (Wildman–Crippen MR) is 43.4 cm³/mol. The largest absolute Gasteiger partial charge is 0.469 e. The lowest BCUT2D eigenvalue weighted by Gasteiger charge is -2.10. The molecule has 0 heterocycles. The van der Waals surface area contributed by atoms with Crippen LogP contribution in [0.2, 0.25) is 0 Å². The summed E-state index contributed by atoms with van der Waals surface area (Å²) < 4.78 is 4.46. The normalized spacial score (nSPS) is 10.1. The summed E-state index contributed by atoms with van der Waals surface area (Å²) in [5.41, 5.74) is 0. The molecule has 0 saturated heterocycles. The Morgan fingerprint density at radius 1 is 1.73 bits per heavy atom. The molecule has 0 aliphatic carbocycles. The quantitative estimate of drug-likeness (QED) is 0.339. The van der Waals surface area contributed by atoms with Gasteiger partial charge in [-0.3, -0.25) is 9.80 Å². The van der Waals surface area contributed by atoms with Gasteiger partial charge in [0.1, 0.15) is 0 Å². The number of methoxy groups -OCH3 is 1. The van der Waals surface area contributed by atoms with Crippen LogP contribution in [0, 0.1) is 0 Å². The highest BCUT2D eigenvalue weighted by Crippen LogP contribution is 1.89. The fourth-order valence-electron chi connectivity index (χ4n) is 0.610. The fourth-order valence-corrected chi connectivity index (χ4v) is 0.610. The molecule has 0 aromatic heterocycles. The number of esters is 1. The smallest absolute Gasteiger partial charge is 0.307 e. The molecule has 0 fully saturated rings. The maximum absolute atomic E-state index is 10.6. The molecule has 0 aliphatic rings. The predicted octanol–water partition coefficient (Wildman–Crippen LogP) is 0.487. The summed E-state index contributed by atoms with van der Waals surface area (Å²) in [4.78, 5) is 10.6. The van der Waals surface area contributed by atoms with E-state index in [2.05, 4.69) is 9.84 Å². The topological polar surface area (TPSA) is 41.9 Å². The van der Waals surface area contributed by atoms with Crippen molar-refractivity contribution in [2.45, 2.75) is 13.3 Å². The van der Waals surface area contributed by atoms with Crippen molar-refractivity contribution in [3.05, 3.63) is 0 Å². The number of nitrogens with zero attached hydrogens (tertiary/aromatic N) is 2. The third-order valence-corrected chi connectivity index (χ3v) is 1.18. The lowest BCUT2D eigenvalue weighted by Crippen LogP contribution is -2.16. The third-order valence-electron chi connectivity index (χ3n) is 1.18. The zero-order valence-electron chi connectivity index (χ0n) is 7.20. The zero-order chi connectivity index (χ0) is 8.69. The number of carbonyl (C=O) groups is 1. The van der Waals surface area contributed by atoms with Gasteiger partial charge in [-0.25, -0.2) is 0 Å². The Bertz CT molecular complexity index is 145. The molecule has 0 bridgehead atoms. The lowest BCUT2D eigenvalue weighted by molar-refractivity contribution is -0.140. The molecular formula is C7H14N2O2. The number of hydrogen-bond acceptors (Lipinski definition) is 4. The van der Waals surface area contributed by atoms with Crippen LogP contribution in [-0.2, 0) is 9.53 Å². The monoisotopic (exact) mass is 158 g/mol. The molecule has 0 saturated carbocycles. The highest BCUT2D eigenvalue weighted by molar-refractivity contribution is 5.69. The van der Waals surface area contributed by atoms with Gasteiger partial charge in [-0.15, -0.1) is 0 Å². The van der Waals surface area contributed by atoms with Crippen LogP contribution < -0.4 is 0 Å². The minimum Gasteiger partial charge on any atom is -0.469 e. The highest BCUT2D eigenvalue weighted by atomic mass is 16.5. The van der Waals surface area contributed by atoms with E-state index in [0.29, 0.717) is 13.0 Å². The van der Waals surface area contributed by atoms with Crippen molar-refractivity contribution in [3.8, 4) is 0 Å². The molecule has 0 aromatic rings. The zero-order valence-corrected chi connectivity index (χ0v) is 7.20. The molecule has 0 atom stereocenters. The minimum atomic E-state index is -0.205. The second-order valence-electron chi connectivity index (χ2n) is 2.08. The molecule has 11 heavy (non-hydrogen) atoms. The lowest BCUT2D eigenvalue weighted by atomic mass is 10.4. The first kappa shape index (κ1) is 9.94. The van der Waals surface area contributed by atoms with E-state index < -0.39 is 0 Å². The van der Waals surface area contributed by atoms with Crippen molar-refractivity contribution < 1.29 is 9.53 Å². The number of carbonyl (C=O) groups excluding carboxylic acids is 1. The standard InChI is InChI=1S/C7H14N2O2/c1-4-8-9(2)6-5-7(10)11-3/h4H,5-6H2,1-3H3/b8-4-. The minimum absolute atomic E-state index is 0.205. The number of hydrogen-bond donors (Lipinski definition) is 0. The summed E-state index contributed by atoms with van der Waals surface area (Å²) in [6, 6.07) is 0. The van der Waals surface area contributed by atoms with Crippen LogP contribution in [-0.4, -0.2) is 37.9 Å². The van der Waals surface area contributed by atoms with Crippen LogP contribution in [0.4, 0.5) is 0 Å². The number of rotatable bonds is 4. The van der Waals surface area contributed by atoms with Crippen molar-refractivity contribution in [2.75, 3.05) is 20.7 Å². The molecule has 0 unspecified atom stereocenters. The number of hydrazone groups is 1. The summed E-state index contributed by atoms with van der Waals surface area (Å²) >= 11 is 0. The molecular weight excluding hydrogens is 144 g/mol. The van der Waals surface area contributed by atoms with Gasteiger partial charge in [0.15, 0.2) is 0 Å². The fraction of sp³-hybridized carbons (Fsp3) is 0.714. The highest BCUT2D eigenvalue weighted by Gasteiger charge is 2.00. The Kier molecular flexibility index (Phi) is 5.15. The Labute approximate surface area is 66.8 Å². The van der Waals surface area contributed by atoms with Gasteiger partial charge in [-0.1, -0.05) is 0 Å². The SMILES string of the molecule is C/C=N\N(C)CCC(=O)OC. The molecule has 4 heteroatoms. The Balaban J connectivity index is 3.45. The molecule has 0 N–H and O–H groups in total. The summed E-state index contributed by atoms with van der Waals surface area (Å²) in [6.45, 7) is 2.42. The molecule has 0 amide bonds. The molecule has 64 valence electrons. The van der Waals surface area contributed by atoms with Crippen molar-refractivity contribution in [1.82, 2.24) is 5.01 Å². The third kappa shape index (κ3) is 5.39. The molecule has 0 spiro atoms. The van der Waals surface area contributed by atoms with Crippen LogP contribution in [0.5, 0.6) is 0 Å². The maximum atomic E-state index is 10.6. The van der Waals surface area contributed by atoms with E-state index in [4.69, 9.17) is 0 Å². The Hall–Kier alpha value is -1.06. The van der Waals surface area contributed by atoms with Crippen LogP contribution in [0.15, 0.2) is 5.10 Å². The second-order valence-corrected chi connectivity index (χ2v) is 2.08. The van der Waals surface area contributed by atoms with Crippen molar-refractivity contribution >= 4 is 12.2 Å². The van der Waals surface area contributed by atoms with E-state index in [1.807, 2.05) is 14.0 Å². The summed E-state index contributed by atoms with van der Waals surface area (Å²) in [6.07, 6.45) is 2.06. The first-order valence-corrected chi connectivity index (χ1v) is 3.47. The van der Waals surface area contributed by atoms with Crippen molar-refractivity contribution in [1.29, 1.82) is 0 Å². The van der Waals surface area contributed by atoms with Gasteiger partial charge in [0.05, 0.1) is 13.5 Å². The summed E-state index contributed by atoms with van der Waals surface area (Å²) in [5, 5.41) is 5.62. The van der Waals surface area contributed by atoms with E-state index in [1.165, 1.54) is 7.11 Å². The first-order chi connectivity index (χ1) is 5.20. The average molecular weight is 158 g/mol. The van der Waals surface area contributed by atoms with Crippen LogP contribution in [0.3, 0.4) is 0 Å². The molecule has 0 radical (unpaired) electrons. The summed E-state index contributed by atoms with van der Waals surface area (Å²) in [7, 11) is 3.19. The van der Waals surface area contributed by atoms with Crippen LogP contribution in [0.25, 0.3) is 0 Å². The van der Waals surface area contributed by atoms with E-state index in [9.17, 15) is 4.79 Å². The van der Waals surface area contributed by atoms with Gasteiger partial charge in [0, 0.05) is 19.8 Å². The van der Waals surface area contributed by atoms with Gasteiger partial charge in [-0.05, 0) is 6.92 Å². The Morgan fingerprint density at radius 2 is 2.36 bits per heavy atom. The van der Waals surface area contributed by atoms with Crippen LogP contribution in [0.1, 0.15) is 13.3 Å². The summed E-state index contributed by atoms with van der Waals surface area (Å²) in [5.74, 6) is -0.205. The van der Waals surface area contributed by atoms with Gasteiger partial charge in [0.25, 0.3) is 0 Å². The van der Waals surface area contributed by atoms with Crippen molar-refractivity contribution in [3.63, 3.8) is 0 Å². The van der Waals surface area contributed by atoms with E-state index in [1.54, 1.807) is 11.2 Å². The van der Waals surface area contributed by atoms with Gasteiger partial charge >= 0.3 is 5.97 Å². The maximum Gasteiger partial charge on any atom is 0.307 e. The first-order valence-electron chi connectivity index (χ1n) is 3.47. The average Bonchev–Trinajstić information content (AvgIpc) is 2.01. The van der Waals surface area contributed by atoms with E-state index in [-0.39, 0.29) is 5.97 Å².